The number of amides is 2. The molecule has 0 spiro atoms. The molecule has 8 nitrogen and oxygen atoms in total. The number of anilines is 1. The number of hydrogen-bond acceptors (Lipinski definition) is 5. The van der Waals surface area contributed by atoms with Gasteiger partial charge >= 0.3 is 0 Å². The molecule has 1 unspecified atom stereocenters. The predicted octanol–water partition coefficient (Wildman–Crippen LogP) is 5.67. The molecule has 0 fully saturated rings. The molecule has 4 aromatic carbocycles. The topological polar surface area (TPSA) is 96.0 Å². The molecule has 0 aliphatic carbocycles. The highest BCUT2D eigenvalue weighted by atomic mass is 32.2. The van der Waals surface area contributed by atoms with E-state index in [0.717, 1.165) is 26.6 Å². The Labute approximate surface area is 266 Å². The van der Waals surface area contributed by atoms with E-state index in [9.17, 15) is 18.0 Å². The number of carbonyl (C=O) groups excluding carboxylic acids is 2. The average molecular weight is 628 g/mol. The minimum Gasteiger partial charge on any atom is -0.494 e. The van der Waals surface area contributed by atoms with Crippen LogP contribution in [0.3, 0.4) is 0 Å². The van der Waals surface area contributed by atoms with E-state index in [-0.39, 0.29) is 23.8 Å². The van der Waals surface area contributed by atoms with Gasteiger partial charge in [0.2, 0.25) is 11.8 Å². The molecule has 0 aromatic heterocycles. The molecule has 0 saturated carbocycles. The van der Waals surface area contributed by atoms with Gasteiger partial charge in [0.15, 0.2) is 0 Å². The highest BCUT2D eigenvalue weighted by Gasteiger charge is 2.34. The monoisotopic (exact) mass is 627 g/mol. The van der Waals surface area contributed by atoms with Crippen LogP contribution in [0.5, 0.6) is 5.75 Å². The quantitative estimate of drug-likeness (QED) is 0.194. The first kappa shape index (κ1) is 33.3. The van der Waals surface area contributed by atoms with Gasteiger partial charge in [0.25, 0.3) is 10.0 Å². The van der Waals surface area contributed by atoms with E-state index in [1.807, 2.05) is 82.3 Å². The lowest BCUT2D eigenvalue weighted by atomic mass is 10.0. The Morgan fingerprint density at radius 1 is 0.778 bits per heavy atom. The summed E-state index contributed by atoms with van der Waals surface area (Å²) in [5.41, 5.74) is 4.06. The maximum Gasteiger partial charge on any atom is 0.264 e. The summed E-state index contributed by atoms with van der Waals surface area (Å²) < 4.78 is 35.0. The molecule has 0 saturated heterocycles. The van der Waals surface area contributed by atoms with Gasteiger partial charge in [-0.05, 0) is 75.2 Å². The third kappa shape index (κ3) is 8.73. The van der Waals surface area contributed by atoms with Gasteiger partial charge in [0.1, 0.15) is 18.3 Å². The number of benzene rings is 4. The summed E-state index contributed by atoms with van der Waals surface area (Å²) in [6.07, 6.45) is 0.264. The Morgan fingerprint density at radius 3 is 1.96 bits per heavy atom. The van der Waals surface area contributed by atoms with Crippen molar-refractivity contribution in [3.63, 3.8) is 0 Å². The molecule has 0 aliphatic heterocycles. The first-order valence-corrected chi connectivity index (χ1v) is 16.5. The van der Waals surface area contributed by atoms with Gasteiger partial charge in [-0.2, -0.15) is 0 Å². The third-order valence-electron chi connectivity index (χ3n) is 7.42. The summed E-state index contributed by atoms with van der Waals surface area (Å²) >= 11 is 0. The number of aryl methyl sites for hydroxylation is 2. The number of likely N-dealkylation sites (N-methyl/N-ethyl adjacent to an activating group) is 1. The van der Waals surface area contributed by atoms with Gasteiger partial charge in [0, 0.05) is 19.5 Å². The van der Waals surface area contributed by atoms with Crippen LogP contribution in [0.4, 0.5) is 5.69 Å². The van der Waals surface area contributed by atoms with Crippen LogP contribution in [0.15, 0.2) is 108 Å². The second-order valence-electron chi connectivity index (χ2n) is 10.9. The van der Waals surface area contributed by atoms with Crippen molar-refractivity contribution in [2.45, 2.75) is 51.6 Å². The number of rotatable bonds is 14. The minimum absolute atomic E-state index is 0.0222. The molecule has 45 heavy (non-hydrogen) atoms. The van der Waals surface area contributed by atoms with E-state index in [4.69, 9.17) is 4.74 Å². The number of sulfonamides is 1. The number of nitrogens with zero attached hydrogens (tertiary/aromatic N) is 2. The van der Waals surface area contributed by atoms with Crippen LogP contribution in [-0.2, 0) is 32.6 Å². The number of nitrogens with one attached hydrogen (secondary N) is 1. The summed E-state index contributed by atoms with van der Waals surface area (Å²) in [6.45, 7) is 8.01. The van der Waals surface area contributed by atoms with Crippen molar-refractivity contribution < 1.29 is 22.7 Å². The van der Waals surface area contributed by atoms with Crippen molar-refractivity contribution in [2.24, 2.45) is 0 Å². The van der Waals surface area contributed by atoms with Crippen molar-refractivity contribution >= 4 is 27.5 Å². The van der Waals surface area contributed by atoms with Crippen LogP contribution < -0.4 is 14.4 Å². The summed E-state index contributed by atoms with van der Waals surface area (Å²) in [4.78, 5) is 29.5. The van der Waals surface area contributed by atoms with Crippen molar-refractivity contribution in [3.05, 3.63) is 125 Å². The summed E-state index contributed by atoms with van der Waals surface area (Å²) in [6, 6.07) is 29.5. The smallest absolute Gasteiger partial charge is 0.264 e. The maximum atomic E-state index is 14.4. The predicted molar refractivity (Wildman–Crippen MR) is 178 cm³/mol. The van der Waals surface area contributed by atoms with E-state index in [1.54, 1.807) is 36.4 Å². The van der Waals surface area contributed by atoms with Gasteiger partial charge in [-0.15, -0.1) is 0 Å². The van der Waals surface area contributed by atoms with Gasteiger partial charge in [-0.25, -0.2) is 8.42 Å². The molecular formula is C36H41N3O5S. The molecule has 0 aliphatic rings. The van der Waals surface area contributed by atoms with Crippen LogP contribution in [-0.4, -0.2) is 50.9 Å². The standard InChI is InChI=1S/C36H41N3O5S/c1-5-37-36(41)34(24-29-10-8-7-9-11-29)38(25-30-16-12-27(3)13-17-30)35(40)26-39(31-18-14-28(4)15-19-31)45(42,43)33-22-20-32(21-23-33)44-6-2/h7-23,34H,5-6,24-26H2,1-4H3,(H,37,41). The Morgan fingerprint density at radius 2 is 1.38 bits per heavy atom. The molecule has 1 N–H and O–H groups in total. The van der Waals surface area contributed by atoms with E-state index in [1.165, 1.54) is 17.0 Å². The van der Waals surface area contributed by atoms with Crippen LogP contribution in [0.25, 0.3) is 0 Å². The molecule has 2 amide bonds. The lowest BCUT2D eigenvalue weighted by molar-refractivity contribution is -0.140. The lowest BCUT2D eigenvalue weighted by Gasteiger charge is -2.34. The Hall–Kier alpha value is -4.63. The van der Waals surface area contributed by atoms with Gasteiger partial charge in [-0.1, -0.05) is 77.9 Å². The van der Waals surface area contributed by atoms with Crippen LogP contribution in [0.2, 0.25) is 0 Å². The third-order valence-corrected chi connectivity index (χ3v) is 9.21. The van der Waals surface area contributed by atoms with Crippen LogP contribution in [0, 0.1) is 13.8 Å². The highest BCUT2D eigenvalue weighted by Crippen LogP contribution is 2.27. The molecular weight excluding hydrogens is 586 g/mol. The maximum absolute atomic E-state index is 14.4. The molecule has 0 radical (unpaired) electrons. The number of ether oxygens (including phenoxy) is 1. The fraction of sp³-hybridized carbons (Fsp3) is 0.278. The summed E-state index contributed by atoms with van der Waals surface area (Å²) in [5, 5.41) is 2.88. The normalized spacial score (nSPS) is 11.8. The summed E-state index contributed by atoms with van der Waals surface area (Å²) in [7, 11) is -4.19. The van der Waals surface area contributed by atoms with Crippen molar-refractivity contribution in [1.29, 1.82) is 0 Å². The van der Waals surface area contributed by atoms with Gasteiger partial charge in [0.05, 0.1) is 17.2 Å². The summed E-state index contributed by atoms with van der Waals surface area (Å²) in [5.74, 6) is -0.264. The fourth-order valence-electron chi connectivity index (χ4n) is 4.98. The molecule has 0 bridgehead atoms. The van der Waals surface area contributed by atoms with E-state index in [2.05, 4.69) is 5.32 Å². The van der Waals surface area contributed by atoms with Gasteiger partial charge < -0.3 is 15.0 Å². The van der Waals surface area contributed by atoms with Crippen molar-refractivity contribution in [3.8, 4) is 5.75 Å². The molecule has 0 heterocycles. The van der Waals surface area contributed by atoms with Crippen molar-refractivity contribution in [1.82, 2.24) is 10.2 Å². The minimum atomic E-state index is -4.19. The molecule has 4 aromatic rings. The Balaban J connectivity index is 1.77. The Kier molecular flexibility index (Phi) is 11.4. The van der Waals surface area contributed by atoms with E-state index < -0.39 is 28.5 Å². The van der Waals surface area contributed by atoms with E-state index in [0.29, 0.717) is 24.6 Å². The van der Waals surface area contributed by atoms with Crippen LogP contribution >= 0.6 is 0 Å². The molecule has 9 heteroatoms. The van der Waals surface area contributed by atoms with Crippen LogP contribution in [0.1, 0.15) is 36.1 Å². The van der Waals surface area contributed by atoms with Gasteiger partial charge in [-0.3, -0.25) is 13.9 Å². The van der Waals surface area contributed by atoms with Crippen molar-refractivity contribution in [2.75, 3.05) is 24.0 Å². The lowest BCUT2D eigenvalue weighted by Crippen LogP contribution is -2.53. The SMILES string of the molecule is CCNC(=O)C(Cc1ccccc1)N(Cc1ccc(C)cc1)C(=O)CN(c1ccc(C)cc1)S(=O)(=O)c1ccc(OCC)cc1. The average Bonchev–Trinajstić information content (AvgIpc) is 3.04. The fourth-order valence-corrected chi connectivity index (χ4v) is 6.39. The zero-order chi connectivity index (χ0) is 32.4. The molecule has 236 valence electrons. The Bertz CT molecular complexity index is 1660. The zero-order valence-electron chi connectivity index (χ0n) is 26.3. The molecule has 1 atom stereocenters. The largest absolute Gasteiger partial charge is 0.494 e. The van der Waals surface area contributed by atoms with E-state index >= 15 is 0 Å². The number of carbonyl (C=O) groups is 2. The first-order valence-electron chi connectivity index (χ1n) is 15.1. The zero-order valence-corrected chi connectivity index (χ0v) is 27.1. The second kappa shape index (κ2) is 15.4. The molecule has 4 rings (SSSR count). The first-order chi connectivity index (χ1) is 21.6. The number of hydrogen-bond donors (Lipinski definition) is 1. The highest BCUT2D eigenvalue weighted by molar-refractivity contribution is 7.92. The second-order valence-corrected chi connectivity index (χ2v) is 12.7.